The number of thioether (sulfide) groups is 1. The molecule has 1 aromatic rings. The number of morpholine rings is 1. The number of ketones is 1. The number of Topliss-reactive ketones (excluding diaryl/α,β-unsaturated/α-hetero) is 1. The van der Waals surface area contributed by atoms with E-state index >= 15 is 0 Å². The normalized spacial score (nSPS) is 22.7. The van der Waals surface area contributed by atoms with Crippen LogP contribution >= 0.6 is 11.8 Å². The molecule has 2 N–H and O–H groups in total. The van der Waals surface area contributed by atoms with E-state index in [4.69, 9.17) is 9.47 Å². The number of nitrogens with one attached hydrogen (secondary N) is 1. The first kappa shape index (κ1) is 25.1. The standard InChI is InChI=1S/C25H31N3O6S/c1-25(2,3)34-24(32)26-19-15-35-20-12-17(23(30)31)14-28(21(20)22(19)29)13-16-4-6-18(7-5-16)27-8-10-33-11-9-27/h4-7,12,14,19,21H,8-11,13,15H2,1-3H3,(H,26,32)(H,30,31)/t19-,21?/m0/s1. The number of hydrogen-bond acceptors (Lipinski definition) is 8. The molecule has 3 heterocycles. The molecule has 9 nitrogen and oxygen atoms in total. The maximum atomic E-state index is 13.4. The number of anilines is 1. The van der Waals surface area contributed by atoms with Crippen LogP contribution in [-0.2, 0) is 25.6 Å². The van der Waals surface area contributed by atoms with Gasteiger partial charge in [0.2, 0.25) is 0 Å². The van der Waals surface area contributed by atoms with Crippen molar-refractivity contribution in [1.29, 1.82) is 0 Å². The zero-order chi connectivity index (χ0) is 25.2. The lowest BCUT2D eigenvalue weighted by Crippen LogP contribution is -2.55. The average molecular weight is 502 g/mol. The molecular weight excluding hydrogens is 470 g/mol. The van der Waals surface area contributed by atoms with Crippen LogP contribution < -0.4 is 10.2 Å². The van der Waals surface area contributed by atoms with Crippen molar-refractivity contribution in [2.24, 2.45) is 0 Å². The van der Waals surface area contributed by atoms with E-state index in [1.165, 1.54) is 18.0 Å². The van der Waals surface area contributed by atoms with E-state index in [2.05, 4.69) is 10.2 Å². The van der Waals surface area contributed by atoms with Gasteiger partial charge in [-0.1, -0.05) is 12.1 Å². The van der Waals surface area contributed by atoms with Crippen molar-refractivity contribution in [3.63, 3.8) is 0 Å². The van der Waals surface area contributed by atoms with E-state index in [-0.39, 0.29) is 11.4 Å². The number of amides is 1. The Bertz CT molecular complexity index is 1040. The molecule has 2 atom stereocenters. The van der Waals surface area contributed by atoms with E-state index in [0.717, 1.165) is 24.3 Å². The summed E-state index contributed by atoms with van der Waals surface area (Å²) in [6.45, 7) is 8.71. The molecule has 0 aliphatic carbocycles. The van der Waals surface area contributed by atoms with Crippen molar-refractivity contribution in [2.45, 2.75) is 45.0 Å². The first-order valence-electron chi connectivity index (χ1n) is 11.6. The molecule has 3 aliphatic heterocycles. The molecule has 2 saturated heterocycles. The second-order valence-electron chi connectivity index (χ2n) is 9.69. The van der Waals surface area contributed by atoms with Gasteiger partial charge in [0.05, 0.1) is 18.8 Å². The fourth-order valence-corrected chi connectivity index (χ4v) is 5.45. The summed E-state index contributed by atoms with van der Waals surface area (Å²) in [7, 11) is 0. The highest BCUT2D eigenvalue weighted by Crippen LogP contribution is 2.36. The van der Waals surface area contributed by atoms with Gasteiger partial charge in [-0.3, -0.25) is 4.79 Å². The van der Waals surface area contributed by atoms with Crippen molar-refractivity contribution in [3.05, 3.63) is 52.6 Å². The third-order valence-corrected chi connectivity index (χ3v) is 7.02. The summed E-state index contributed by atoms with van der Waals surface area (Å²) in [5.41, 5.74) is 1.50. The monoisotopic (exact) mass is 501 g/mol. The van der Waals surface area contributed by atoms with Gasteiger partial charge in [0, 0.05) is 42.2 Å². The Balaban J connectivity index is 1.51. The highest BCUT2D eigenvalue weighted by molar-refractivity contribution is 8.03. The van der Waals surface area contributed by atoms with Crippen LogP contribution in [0.2, 0.25) is 0 Å². The zero-order valence-electron chi connectivity index (χ0n) is 20.2. The lowest BCUT2D eigenvalue weighted by molar-refractivity contribution is -0.132. The molecule has 3 aliphatic rings. The highest BCUT2D eigenvalue weighted by atomic mass is 32.2. The van der Waals surface area contributed by atoms with Gasteiger partial charge in [-0.05, 0) is 44.5 Å². The van der Waals surface area contributed by atoms with E-state index in [1.54, 1.807) is 31.7 Å². The molecule has 0 radical (unpaired) electrons. The van der Waals surface area contributed by atoms with Crippen molar-refractivity contribution >= 4 is 35.3 Å². The third-order valence-electron chi connectivity index (χ3n) is 5.85. The Morgan fingerprint density at radius 1 is 1.20 bits per heavy atom. The van der Waals surface area contributed by atoms with Gasteiger partial charge in [-0.25, -0.2) is 9.59 Å². The predicted molar refractivity (Wildman–Crippen MR) is 133 cm³/mol. The minimum Gasteiger partial charge on any atom is -0.478 e. The molecule has 0 saturated carbocycles. The van der Waals surface area contributed by atoms with Crippen molar-refractivity contribution < 1.29 is 29.0 Å². The molecule has 2 fully saturated rings. The summed E-state index contributed by atoms with van der Waals surface area (Å²) in [4.78, 5) is 42.1. The molecule has 0 bridgehead atoms. The number of carbonyl (C=O) groups excluding carboxylic acids is 2. The molecule has 0 aromatic heterocycles. The summed E-state index contributed by atoms with van der Waals surface area (Å²) >= 11 is 1.38. The van der Waals surface area contributed by atoms with Crippen molar-refractivity contribution in [2.75, 3.05) is 37.0 Å². The number of rotatable bonds is 5. The lowest BCUT2D eigenvalue weighted by atomic mass is 9.98. The number of fused-ring (bicyclic) bond motifs is 1. The second-order valence-corrected chi connectivity index (χ2v) is 10.8. The molecule has 188 valence electrons. The predicted octanol–water partition coefficient (Wildman–Crippen LogP) is 2.77. The summed E-state index contributed by atoms with van der Waals surface area (Å²) in [6.07, 6.45) is 2.42. The number of hydrogen-bond donors (Lipinski definition) is 2. The quantitative estimate of drug-likeness (QED) is 0.630. The molecule has 1 aromatic carbocycles. The molecule has 10 heteroatoms. The number of nitrogens with zero attached hydrogens (tertiary/aromatic N) is 2. The second kappa shape index (κ2) is 10.3. The molecule has 0 spiro atoms. The van der Waals surface area contributed by atoms with Crippen LogP contribution in [0.5, 0.6) is 0 Å². The lowest BCUT2D eigenvalue weighted by Gasteiger charge is -2.39. The number of alkyl carbamates (subject to hydrolysis) is 1. The van der Waals surface area contributed by atoms with Crippen LogP contribution in [0.1, 0.15) is 26.3 Å². The zero-order valence-corrected chi connectivity index (χ0v) is 21.0. The number of aliphatic carboxylic acids is 1. The third kappa shape index (κ3) is 6.18. The molecule has 1 amide bonds. The average Bonchev–Trinajstić information content (AvgIpc) is 2.80. The fourth-order valence-electron chi connectivity index (χ4n) is 4.22. The Morgan fingerprint density at radius 2 is 1.89 bits per heavy atom. The van der Waals surface area contributed by atoms with Gasteiger partial charge >= 0.3 is 12.1 Å². The van der Waals surface area contributed by atoms with Gasteiger partial charge in [0.15, 0.2) is 5.78 Å². The Labute approximate surface area is 209 Å². The Kier molecular flexibility index (Phi) is 7.42. The van der Waals surface area contributed by atoms with Gasteiger partial charge in [0.25, 0.3) is 0 Å². The van der Waals surface area contributed by atoms with Crippen LogP contribution in [0.15, 0.2) is 47.0 Å². The Morgan fingerprint density at radius 3 is 2.51 bits per heavy atom. The summed E-state index contributed by atoms with van der Waals surface area (Å²) in [6, 6.07) is 6.65. The SMILES string of the molecule is CC(C)(C)OC(=O)N[C@H]1CSC2=CC(C(=O)O)=CN(Cc3ccc(N4CCOCC4)cc3)C2C1=O. The molecule has 35 heavy (non-hydrogen) atoms. The number of carboxylic acids is 1. The number of carboxylic acid groups (broad SMARTS) is 1. The first-order valence-corrected chi connectivity index (χ1v) is 12.6. The van der Waals surface area contributed by atoms with Gasteiger partial charge in [0.1, 0.15) is 17.7 Å². The van der Waals surface area contributed by atoms with E-state index in [0.29, 0.717) is 30.4 Å². The maximum absolute atomic E-state index is 13.4. The highest BCUT2D eigenvalue weighted by Gasteiger charge is 2.41. The summed E-state index contributed by atoms with van der Waals surface area (Å²) in [5, 5.41) is 12.3. The minimum atomic E-state index is -1.05. The number of carbonyl (C=O) groups is 3. The Hall–Kier alpha value is -2.98. The van der Waals surface area contributed by atoms with E-state index in [9.17, 15) is 19.5 Å². The van der Waals surface area contributed by atoms with Gasteiger partial charge in [-0.15, -0.1) is 11.8 Å². The maximum Gasteiger partial charge on any atom is 0.408 e. The molecule has 4 rings (SSSR count). The van der Waals surface area contributed by atoms with Crippen LogP contribution in [0.4, 0.5) is 10.5 Å². The topological polar surface area (TPSA) is 108 Å². The van der Waals surface area contributed by atoms with E-state index < -0.39 is 29.7 Å². The van der Waals surface area contributed by atoms with Crippen molar-refractivity contribution in [3.8, 4) is 0 Å². The van der Waals surface area contributed by atoms with Crippen molar-refractivity contribution in [1.82, 2.24) is 10.2 Å². The minimum absolute atomic E-state index is 0.125. The van der Waals surface area contributed by atoms with E-state index in [1.807, 2.05) is 24.3 Å². The van der Waals surface area contributed by atoms with Gasteiger partial charge < -0.3 is 29.7 Å². The van der Waals surface area contributed by atoms with Crippen LogP contribution in [-0.4, -0.2) is 77.6 Å². The fraction of sp³-hybridized carbons (Fsp3) is 0.480. The molecule has 1 unspecified atom stereocenters. The van der Waals surface area contributed by atoms with Crippen LogP contribution in [0, 0.1) is 0 Å². The smallest absolute Gasteiger partial charge is 0.408 e. The number of ether oxygens (including phenoxy) is 2. The summed E-state index contributed by atoms with van der Waals surface area (Å²) < 4.78 is 10.7. The molecular formula is C25H31N3O6S. The summed E-state index contributed by atoms with van der Waals surface area (Å²) in [5.74, 6) is -0.924. The first-order chi connectivity index (χ1) is 16.6. The van der Waals surface area contributed by atoms with Crippen LogP contribution in [0.3, 0.4) is 0 Å². The number of benzene rings is 1. The van der Waals surface area contributed by atoms with Crippen LogP contribution in [0.25, 0.3) is 0 Å². The van der Waals surface area contributed by atoms with Gasteiger partial charge in [-0.2, -0.15) is 0 Å². The largest absolute Gasteiger partial charge is 0.478 e.